The Morgan fingerprint density at radius 2 is 0.912 bits per heavy atom. The summed E-state index contributed by atoms with van der Waals surface area (Å²) in [6, 6.07) is 61.9. The van der Waals surface area contributed by atoms with Gasteiger partial charge in [0.05, 0.1) is 20.3 Å². The van der Waals surface area contributed by atoms with Crippen molar-refractivity contribution in [2.24, 2.45) is 0 Å². The highest BCUT2D eigenvalue weighted by Crippen LogP contribution is 2.43. The first-order chi connectivity index (χ1) is 27.9. The molecule has 1 atom stereocenters. The standard InChI is InChI=1S/C49H45N5O3/c1-35(55)34-42-28-33-45-46(51-48(36-16-8-4-9-17-36,37-18-10-5-11-19-37)40-24-29-43(56-2)30-25-40)50-47(53-54(42)45)52-49(38-20-12-6-13-21-38,39-22-14-7-15-23-39)41-26-31-44(57-3)32-27-41/h4-33,35,55H,34H2,1-3H3,(H2,50,51,52,53). The number of methoxy groups -OCH3 is 2. The molecule has 8 heteroatoms. The molecule has 0 aliphatic heterocycles. The van der Waals surface area contributed by atoms with E-state index < -0.39 is 17.2 Å². The van der Waals surface area contributed by atoms with E-state index in [4.69, 9.17) is 19.6 Å². The maximum atomic E-state index is 10.7. The number of hydrogen-bond acceptors (Lipinski definition) is 7. The molecule has 0 saturated heterocycles. The highest BCUT2D eigenvalue weighted by atomic mass is 16.5. The van der Waals surface area contributed by atoms with Crippen molar-refractivity contribution < 1.29 is 14.6 Å². The van der Waals surface area contributed by atoms with Crippen LogP contribution in [0.15, 0.2) is 182 Å². The number of fused-ring (bicyclic) bond motifs is 1. The largest absolute Gasteiger partial charge is 0.497 e. The second-order valence-electron chi connectivity index (χ2n) is 14.1. The summed E-state index contributed by atoms with van der Waals surface area (Å²) in [7, 11) is 3.35. The topological polar surface area (TPSA) is 92.9 Å². The van der Waals surface area contributed by atoms with E-state index >= 15 is 0 Å². The lowest BCUT2D eigenvalue weighted by Gasteiger charge is -2.38. The quantitative estimate of drug-likeness (QED) is 0.0954. The molecule has 284 valence electrons. The molecule has 6 aromatic carbocycles. The number of ether oxygens (including phenoxy) is 2. The number of aliphatic hydroxyl groups excluding tert-OH is 1. The molecule has 0 aliphatic rings. The monoisotopic (exact) mass is 751 g/mol. The SMILES string of the molecule is COc1ccc(C(Nc2nc(NC(c3ccccc3)(c3ccccc3)c3ccc(OC)cc3)c3ccc(CC(C)O)n3n2)(c2ccccc2)c2ccccc2)cc1. The molecule has 57 heavy (non-hydrogen) atoms. The molecule has 0 amide bonds. The Bertz CT molecular complexity index is 2450. The summed E-state index contributed by atoms with van der Waals surface area (Å²) < 4.78 is 13.1. The number of benzene rings is 6. The average molecular weight is 752 g/mol. The molecule has 0 aliphatic carbocycles. The fourth-order valence-electron chi connectivity index (χ4n) is 7.86. The smallest absolute Gasteiger partial charge is 0.244 e. The van der Waals surface area contributed by atoms with Gasteiger partial charge in [-0.3, -0.25) is 0 Å². The molecular formula is C49H45N5O3. The number of rotatable bonds is 14. The van der Waals surface area contributed by atoms with E-state index in [1.807, 2.05) is 89.4 Å². The summed E-state index contributed by atoms with van der Waals surface area (Å²) in [5.74, 6) is 2.49. The maximum Gasteiger partial charge on any atom is 0.244 e. The highest BCUT2D eigenvalue weighted by molar-refractivity contribution is 5.74. The van der Waals surface area contributed by atoms with Crippen LogP contribution in [0.5, 0.6) is 11.5 Å². The number of aliphatic hydroxyl groups is 1. The van der Waals surface area contributed by atoms with E-state index in [1.54, 1.807) is 21.1 Å². The third-order valence-corrected chi connectivity index (χ3v) is 10.6. The molecule has 2 heterocycles. The van der Waals surface area contributed by atoms with Crippen molar-refractivity contribution in [3.63, 3.8) is 0 Å². The van der Waals surface area contributed by atoms with Gasteiger partial charge in [-0.2, -0.15) is 4.98 Å². The van der Waals surface area contributed by atoms with Crippen LogP contribution in [-0.2, 0) is 17.5 Å². The number of aromatic nitrogens is 3. The van der Waals surface area contributed by atoms with Crippen molar-refractivity contribution in [1.29, 1.82) is 0 Å². The van der Waals surface area contributed by atoms with Gasteiger partial charge in [0.15, 0.2) is 5.82 Å². The zero-order chi connectivity index (χ0) is 39.2. The Labute approximate surface area is 333 Å². The van der Waals surface area contributed by atoms with Crippen LogP contribution in [0, 0.1) is 0 Å². The molecule has 8 aromatic rings. The molecular weight excluding hydrogens is 707 g/mol. The Hall–Kier alpha value is -6.90. The lowest BCUT2D eigenvalue weighted by Crippen LogP contribution is -2.40. The summed E-state index contributed by atoms with van der Waals surface area (Å²) in [4.78, 5) is 5.42. The van der Waals surface area contributed by atoms with Crippen molar-refractivity contribution in [2.45, 2.75) is 30.5 Å². The van der Waals surface area contributed by atoms with Gasteiger partial charge >= 0.3 is 0 Å². The second-order valence-corrected chi connectivity index (χ2v) is 14.1. The van der Waals surface area contributed by atoms with Gasteiger partial charge in [-0.25, -0.2) is 4.52 Å². The number of nitrogens with zero attached hydrogens (tertiary/aromatic N) is 3. The predicted octanol–water partition coefficient (Wildman–Crippen LogP) is 9.48. The molecule has 1 unspecified atom stereocenters. The maximum absolute atomic E-state index is 10.7. The minimum absolute atomic E-state index is 0.376. The van der Waals surface area contributed by atoms with Crippen LogP contribution in [0.25, 0.3) is 5.52 Å². The Kier molecular flexibility index (Phi) is 10.4. The third-order valence-electron chi connectivity index (χ3n) is 10.6. The van der Waals surface area contributed by atoms with E-state index in [9.17, 15) is 5.11 Å². The molecule has 3 N–H and O–H groups in total. The van der Waals surface area contributed by atoms with Gasteiger partial charge in [0.1, 0.15) is 28.1 Å². The van der Waals surface area contributed by atoms with E-state index in [2.05, 4.69) is 108 Å². The first kappa shape index (κ1) is 37.0. The van der Waals surface area contributed by atoms with E-state index in [-0.39, 0.29) is 0 Å². The van der Waals surface area contributed by atoms with Crippen molar-refractivity contribution in [2.75, 3.05) is 24.9 Å². The molecule has 0 spiro atoms. The summed E-state index contributed by atoms with van der Waals surface area (Å²) in [6.07, 6.45) is -0.198. The zero-order valence-electron chi connectivity index (χ0n) is 32.2. The van der Waals surface area contributed by atoms with Gasteiger partial charge < -0.3 is 25.2 Å². The summed E-state index contributed by atoms with van der Waals surface area (Å²) in [5, 5.41) is 23.8. The highest BCUT2D eigenvalue weighted by Gasteiger charge is 2.40. The van der Waals surface area contributed by atoms with Gasteiger partial charge in [0.25, 0.3) is 0 Å². The molecule has 0 fully saturated rings. The Morgan fingerprint density at radius 3 is 1.30 bits per heavy atom. The first-order valence-corrected chi connectivity index (χ1v) is 19.1. The third kappa shape index (κ3) is 7.07. The minimum atomic E-state index is -0.941. The van der Waals surface area contributed by atoms with Crippen molar-refractivity contribution in [3.8, 4) is 11.5 Å². The van der Waals surface area contributed by atoms with Gasteiger partial charge in [0, 0.05) is 12.1 Å². The average Bonchev–Trinajstić information content (AvgIpc) is 3.67. The van der Waals surface area contributed by atoms with Crippen LogP contribution in [0.1, 0.15) is 46.0 Å². The van der Waals surface area contributed by atoms with Gasteiger partial charge in [-0.15, -0.1) is 5.10 Å². The molecule has 0 bridgehead atoms. The Morgan fingerprint density at radius 1 is 0.526 bits per heavy atom. The van der Waals surface area contributed by atoms with Crippen LogP contribution in [0.2, 0.25) is 0 Å². The van der Waals surface area contributed by atoms with Gasteiger partial charge in [-0.1, -0.05) is 146 Å². The van der Waals surface area contributed by atoms with E-state index in [0.29, 0.717) is 18.2 Å². The van der Waals surface area contributed by atoms with E-state index in [1.165, 1.54) is 0 Å². The zero-order valence-corrected chi connectivity index (χ0v) is 32.2. The fraction of sp³-hybridized carbons (Fsp3) is 0.143. The summed E-state index contributed by atoms with van der Waals surface area (Å²) in [5.41, 5.74) is 5.74. The predicted molar refractivity (Wildman–Crippen MR) is 227 cm³/mol. The van der Waals surface area contributed by atoms with Crippen LogP contribution in [0.4, 0.5) is 11.8 Å². The summed E-state index contributed by atoms with van der Waals surface area (Å²) in [6.45, 7) is 1.79. The summed E-state index contributed by atoms with van der Waals surface area (Å²) >= 11 is 0. The number of hydrogen-bond donors (Lipinski definition) is 3. The lowest BCUT2D eigenvalue weighted by molar-refractivity contribution is 0.193. The van der Waals surface area contributed by atoms with Gasteiger partial charge in [-0.05, 0) is 76.7 Å². The van der Waals surface area contributed by atoms with Crippen molar-refractivity contribution >= 4 is 17.3 Å². The molecule has 0 saturated carbocycles. The van der Waals surface area contributed by atoms with Crippen LogP contribution in [0.3, 0.4) is 0 Å². The Balaban J connectivity index is 1.40. The van der Waals surface area contributed by atoms with Crippen LogP contribution >= 0.6 is 0 Å². The lowest BCUT2D eigenvalue weighted by atomic mass is 9.77. The first-order valence-electron chi connectivity index (χ1n) is 19.1. The molecule has 0 radical (unpaired) electrons. The molecule has 2 aromatic heterocycles. The van der Waals surface area contributed by atoms with Crippen LogP contribution < -0.4 is 20.1 Å². The van der Waals surface area contributed by atoms with E-state index in [0.717, 1.165) is 56.1 Å². The molecule has 8 nitrogen and oxygen atoms in total. The van der Waals surface area contributed by atoms with Crippen LogP contribution in [-0.4, -0.2) is 40.0 Å². The normalized spacial score (nSPS) is 12.2. The number of anilines is 2. The van der Waals surface area contributed by atoms with Crippen molar-refractivity contribution in [3.05, 3.63) is 221 Å². The number of nitrogens with one attached hydrogen (secondary N) is 2. The fourth-order valence-corrected chi connectivity index (χ4v) is 7.86. The van der Waals surface area contributed by atoms with Gasteiger partial charge in [0.2, 0.25) is 5.95 Å². The second kappa shape index (κ2) is 16.1. The minimum Gasteiger partial charge on any atom is -0.497 e. The van der Waals surface area contributed by atoms with Crippen molar-refractivity contribution in [1.82, 2.24) is 14.6 Å². The molecule has 8 rings (SSSR count).